The van der Waals surface area contributed by atoms with Crippen LogP contribution in [0.3, 0.4) is 0 Å². The van der Waals surface area contributed by atoms with E-state index in [-0.39, 0.29) is 0 Å². The fourth-order valence-electron chi connectivity index (χ4n) is 7.20. The van der Waals surface area contributed by atoms with E-state index in [0.29, 0.717) is 0 Å². The first-order chi connectivity index (χ1) is 20.8. The minimum Gasteiger partial charge on any atom is -0.0699 e. The summed E-state index contributed by atoms with van der Waals surface area (Å²) in [7, 11) is 0. The first-order valence-electron chi connectivity index (χ1n) is 14.5. The van der Waals surface area contributed by atoms with Crippen molar-refractivity contribution in [2.45, 2.75) is 12.3 Å². The minimum atomic E-state index is -0.463. The van der Waals surface area contributed by atoms with Gasteiger partial charge in [0.05, 0.1) is 5.41 Å². The average molecular weight is 533 g/mol. The molecule has 196 valence electrons. The van der Waals surface area contributed by atoms with Crippen molar-refractivity contribution in [1.82, 2.24) is 0 Å². The maximum Gasteiger partial charge on any atom is 0.0720 e. The summed E-state index contributed by atoms with van der Waals surface area (Å²) >= 11 is 0. The lowest BCUT2D eigenvalue weighted by molar-refractivity contribution is 0.761. The van der Waals surface area contributed by atoms with Crippen LogP contribution in [0.5, 0.6) is 0 Å². The van der Waals surface area contributed by atoms with E-state index >= 15 is 0 Å². The number of fused-ring (bicyclic) bond motifs is 3. The molecule has 6 aromatic carbocycles. The van der Waals surface area contributed by atoms with Crippen molar-refractivity contribution in [3.05, 3.63) is 197 Å². The van der Waals surface area contributed by atoms with E-state index in [0.717, 1.165) is 0 Å². The molecule has 0 atom stereocenters. The van der Waals surface area contributed by atoms with Crippen molar-refractivity contribution in [3.8, 4) is 22.3 Å². The van der Waals surface area contributed by atoms with Crippen LogP contribution in [-0.2, 0) is 5.41 Å². The van der Waals surface area contributed by atoms with Gasteiger partial charge in [0.15, 0.2) is 0 Å². The summed E-state index contributed by atoms with van der Waals surface area (Å²) in [5, 5.41) is 2.51. The molecule has 0 saturated carbocycles. The quantitative estimate of drug-likeness (QED) is 0.198. The second-order valence-corrected chi connectivity index (χ2v) is 11.2. The van der Waals surface area contributed by atoms with Gasteiger partial charge in [-0.25, -0.2) is 0 Å². The molecule has 0 heterocycles. The van der Waals surface area contributed by atoms with Gasteiger partial charge in [-0.15, -0.1) is 0 Å². The largest absolute Gasteiger partial charge is 0.0720 e. The van der Waals surface area contributed by atoms with E-state index in [4.69, 9.17) is 0 Å². The molecule has 2 aliphatic rings. The Balaban J connectivity index is 1.51. The molecule has 0 spiro atoms. The molecule has 8 rings (SSSR count). The Labute approximate surface area is 246 Å². The monoisotopic (exact) mass is 532 g/mol. The summed E-state index contributed by atoms with van der Waals surface area (Å²) in [5.41, 5.74) is 20.0. The number of hydrogen-bond acceptors (Lipinski definition) is 0. The van der Waals surface area contributed by atoms with Crippen LogP contribution in [0, 0.1) is 6.92 Å². The van der Waals surface area contributed by atoms with Gasteiger partial charge in [-0.3, -0.25) is 0 Å². The molecule has 0 radical (unpaired) electrons. The van der Waals surface area contributed by atoms with Gasteiger partial charge < -0.3 is 0 Å². The van der Waals surface area contributed by atoms with Gasteiger partial charge in [-0.1, -0.05) is 157 Å². The van der Waals surface area contributed by atoms with E-state index in [1.807, 2.05) is 0 Å². The van der Waals surface area contributed by atoms with Gasteiger partial charge in [-0.2, -0.15) is 0 Å². The second-order valence-electron chi connectivity index (χ2n) is 11.2. The van der Waals surface area contributed by atoms with Crippen molar-refractivity contribution in [2.24, 2.45) is 0 Å². The van der Waals surface area contributed by atoms with Crippen LogP contribution in [0.4, 0.5) is 0 Å². The standard InChI is InChI=1S/C42H28/c1-29-14-12-16-31(28-29)40-34-21-9-8-15-30(34)26-27-36(40)35-23-13-25-39-41(35)37-22-10-11-24-38(37)42(39,32-17-4-2-5-18-32)33-19-6-3-7-20-33/h2-9,12-28H,1H3. The molecule has 0 fully saturated rings. The first kappa shape index (κ1) is 24.4. The Kier molecular flexibility index (Phi) is 5.59. The number of rotatable bonds is 4. The normalized spacial score (nSPS) is 14.3. The molecule has 0 bridgehead atoms. The third-order valence-corrected chi connectivity index (χ3v) is 8.89. The van der Waals surface area contributed by atoms with Crippen LogP contribution < -0.4 is 0 Å². The number of allylic oxidation sites excluding steroid dienone is 4. The van der Waals surface area contributed by atoms with Gasteiger partial charge in [0.2, 0.25) is 0 Å². The fraction of sp³-hybridized carbons (Fsp3) is 0.0476. The summed E-state index contributed by atoms with van der Waals surface area (Å²) < 4.78 is 0. The number of hydrogen-bond donors (Lipinski definition) is 0. The minimum absolute atomic E-state index is 0.463. The molecule has 42 heavy (non-hydrogen) atoms. The van der Waals surface area contributed by atoms with Crippen molar-refractivity contribution >= 4 is 16.3 Å². The average Bonchev–Trinajstić information content (AvgIpc) is 3.36. The molecule has 0 aliphatic heterocycles. The van der Waals surface area contributed by atoms with Crippen molar-refractivity contribution in [2.75, 3.05) is 0 Å². The Bertz CT molecular complexity index is 2110. The predicted octanol–water partition coefficient (Wildman–Crippen LogP) is 10.5. The third-order valence-electron chi connectivity index (χ3n) is 8.89. The van der Waals surface area contributed by atoms with Gasteiger partial charge in [0, 0.05) is 0 Å². The van der Waals surface area contributed by atoms with Gasteiger partial charge in [-0.05, 0) is 85.5 Å². The summed E-state index contributed by atoms with van der Waals surface area (Å²) in [4.78, 5) is 0. The smallest absolute Gasteiger partial charge is 0.0699 e. The van der Waals surface area contributed by atoms with Crippen LogP contribution in [0.25, 0.3) is 38.6 Å². The summed E-state index contributed by atoms with van der Waals surface area (Å²) in [6.07, 6.45) is 4.29. The highest BCUT2D eigenvalue weighted by Gasteiger charge is 2.47. The lowest BCUT2D eigenvalue weighted by atomic mass is 9.66. The zero-order valence-electron chi connectivity index (χ0n) is 23.4. The lowest BCUT2D eigenvalue weighted by Gasteiger charge is -2.34. The molecule has 6 aromatic rings. The topological polar surface area (TPSA) is 0 Å². The molecule has 0 amide bonds. The SMILES string of the molecule is Cc1cccc(-c2c(-c3cccc4c3C3=C(C=C=C=C3)C4(c3ccccc3)c3ccccc3)ccc3ccccc23)c1. The molecule has 0 N–H and O–H groups in total. The zero-order chi connectivity index (χ0) is 28.1. The van der Waals surface area contributed by atoms with E-state index in [1.54, 1.807) is 0 Å². The molecule has 0 unspecified atom stereocenters. The maximum absolute atomic E-state index is 3.32. The maximum atomic E-state index is 3.32. The number of benzene rings is 6. The predicted molar refractivity (Wildman–Crippen MR) is 175 cm³/mol. The molecule has 2 aliphatic carbocycles. The van der Waals surface area contributed by atoms with Crippen LogP contribution in [0.15, 0.2) is 169 Å². The van der Waals surface area contributed by atoms with E-state index < -0.39 is 5.41 Å². The van der Waals surface area contributed by atoms with E-state index in [9.17, 15) is 0 Å². The van der Waals surface area contributed by atoms with Crippen molar-refractivity contribution < 1.29 is 0 Å². The Morgan fingerprint density at radius 3 is 1.95 bits per heavy atom. The second kappa shape index (κ2) is 9.62. The van der Waals surface area contributed by atoms with Crippen LogP contribution in [0.2, 0.25) is 0 Å². The van der Waals surface area contributed by atoms with Gasteiger partial charge in [0.25, 0.3) is 0 Å². The molecule has 0 nitrogen and oxygen atoms in total. The van der Waals surface area contributed by atoms with Crippen LogP contribution in [-0.4, -0.2) is 0 Å². The molecular weight excluding hydrogens is 504 g/mol. The fourth-order valence-corrected chi connectivity index (χ4v) is 7.20. The number of aryl methyl sites for hydroxylation is 1. The van der Waals surface area contributed by atoms with Gasteiger partial charge in [0.1, 0.15) is 0 Å². The van der Waals surface area contributed by atoms with Crippen molar-refractivity contribution in [1.29, 1.82) is 0 Å². The third kappa shape index (κ3) is 3.51. The zero-order valence-corrected chi connectivity index (χ0v) is 23.4. The van der Waals surface area contributed by atoms with Crippen molar-refractivity contribution in [3.63, 3.8) is 0 Å². The molecular formula is C42H28. The van der Waals surface area contributed by atoms with Crippen LogP contribution >= 0.6 is 0 Å². The van der Waals surface area contributed by atoms with Crippen LogP contribution in [0.1, 0.15) is 27.8 Å². The Hall–Kier alpha value is -5.38. The first-order valence-corrected chi connectivity index (χ1v) is 14.5. The summed E-state index contributed by atoms with van der Waals surface area (Å²) in [6, 6.07) is 51.0. The molecule has 0 aromatic heterocycles. The van der Waals surface area contributed by atoms with E-state index in [2.05, 4.69) is 170 Å². The highest BCUT2D eigenvalue weighted by Crippen LogP contribution is 2.58. The summed E-state index contributed by atoms with van der Waals surface area (Å²) in [5.74, 6) is 0. The van der Waals surface area contributed by atoms with Gasteiger partial charge >= 0.3 is 0 Å². The summed E-state index contributed by atoms with van der Waals surface area (Å²) in [6.45, 7) is 2.17. The molecule has 0 saturated heterocycles. The Morgan fingerprint density at radius 1 is 0.524 bits per heavy atom. The highest BCUT2D eigenvalue weighted by molar-refractivity contribution is 6.07. The Morgan fingerprint density at radius 2 is 1.19 bits per heavy atom. The molecule has 0 heteroatoms. The lowest BCUT2D eigenvalue weighted by Crippen LogP contribution is -2.29. The highest BCUT2D eigenvalue weighted by atomic mass is 14.5. The van der Waals surface area contributed by atoms with E-state index in [1.165, 1.54) is 72.0 Å².